The van der Waals surface area contributed by atoms with E-state index in [1.54, 1.807) is 13.0 Å². The van der Waals surface area contributed by atoms with Crippen LogP contribution >= 0.6 is 0 Å². The van der Waals surface area contributed by atoms with E-state index in [0.717, 1.165) is 0 Å². The van der Waals surface area contributed by atoms with E-state index in [1.165, 1.54) is 6.08 Å². The molecule has 94 valence electrons. The molecular weight excluding hydrogens is 245 g/mol. The summed E-state index contributed by atoms with van der Waals surface area (Å²) < 4.78 is 60.5. The largest absolute Gasteiger partial charge is 0.534 e. The number of halogens is 3. The summed E-state index contributed by atoms with van der Waals surface area (Å²) in [7, 11) is -5.54. The van der Waals surface area contributed by atoms with Gasteiger partial charge in [-0.3, -0.25) is 0 Å². The fraction of sp³-hybridized carbons (Fsp3) is 0.556. The van der Waals surface area contributed by atoms with Crippen LogP contribution in [-0.2, 0) is 14.3 Å². The minimum absolute atomic E-state index is 0.370. The first-order valence-electron chi connectivity index (χ1n) is 4.59. The van der Waals surface area contributed by atoms with Gasteiger partial charge in [0.15, 0.2) is 0 Å². The molecule has 0 aliphatic carbocycles. The summed E-state index contributed by atoms with van der Waals surface area (Å²) >= 11 is 0. The summed E-state index contributed by atoms with van der Waals surface area (Å²) in [6.07, 6.45) is 4.90. The topological polar surface area (TPSA) is 43.4 Å². The van der Waals surface area contributed by atoms with E-state index < -0.39 is 15.6 Å². The van der Waals surface area contributed by atoms with Gasteiger partial charge in [0.2, 0.25) is 0 Å². The Morgan fingerprint density at radius 1 is 1.31 bits per heavy atom. The van der Waals surface area contributed by atoms with Gasteiger partial charge in [-0.1, -0.05) is 26.0 Å². The van der Waals surface area contributed by atoms with Crippen LogP contribution in [0.4, 0.5) is 13.2 Å². The van der Waals surface area contributed by atoms with Gasteiger partial charge in [0.1, 0.15) is 6.26 Å². The third-order valence-electron chi connectivity index (χ3n) is 1.59. The second-order valence-corrected chi connectivity index (χ2v) is 4.42. The Morgan fingerprint density at radius 2 is 1.88 bits per heavy atom. The van der Waals surface area contributed by atoms with Crippen molar-refractivity contribution in [2.75, 3.05) is 0 Å². The van der Waals surface area contributed by atoms with Gasteiger partial charge in [-0.25, -0.2) is 0 Å². The monoisotopic (exact) mass is 258 g/mol. The lowest BCUT2D eigenvalue weighted by molar-refractivity contribution is -0.0515. The van der Waals surface area contributed by atoms with E-state index in [1.807, 2.05) is 6.92 Å². The van der Waals surface area contributed by atoms with Gasteiger partial charge in [0.05, 0.1) is 0 Å². The second-order valence-electron chi connectivity index (χ2n) is 2.85. The van der Waals surface area contributed by atoms with Crippen LogP contribution in [0.3, 0.4) is 0 Å². The quantitative estimate of drug-likeness (QED) is 0.329. The molecule has 0 fully saturated rings. The van der Waals surface area contributed by atoms with Crippen molar-refractivity contribution in [2.45, 2.75) is 32.2 Å². The zero-order chi connectivity index (χ0) is 12.8. The predicted octanol–water partition coefficient (Wildman–Crippen LogP) is 3.11. The zero-order valence-electron chi connectivity index (χ0n) is 8.91. The first kappa shape index (κ1) is 15.0. The summed E-state index contributed by atoms with van der Waals surface area (Å²) in [6, 6.07) is 0. The number of hydrogen-bond donors (Lipinski definition) is 0. The Hall–Kier alpha value is -0.980. The summed E-state index contributed by atoms with van der Waals surface area (Å²) in [5.74, 6) is 0. The van der Waals surface area contributed by atoms with Crippen LogP contribution in [0.1, 0.15) is 26.7 Å². The van der Waals surface area contributed by atoms with Crippen molar-refractivity contribution in [1.29, 1.82) is 0 Å². The van der Waals surface area contributed by atoms with Crippen LogP contribution in [0, 0.1) is 0 Å². The normalized spacial score (nSPS) is 14.4. The summed E-state index contributed by atoms with van der Waals surface area (Å²) in [5, 5.41) is 0. The molecule has 7 heteroatoms. The SMILES string of the molecule is CCC=CC(=COS(=O)(=O)C(F)(F)F)CC. The Balaban J connectivity index is 4.75. The highest BCUT2D eigenvalue weighted by atomic mass is 32.2. The van der Waals surface area contributed by atoms with Crippen molar-refractivity contribution < 1.29 is 25.8 Å². The minimum atomic E-state index is -5.54. The molecule has 0 aliphatic rings. The van der Waals surface area contributed by atoms with Gasteiger partial charge in [0, 0.05) is 0 Å². The van der Waals surface area contributed by atoms with Crippen LogP contribution in [0.2, 0.25) is 0 Å². The number of rotatable bonds is 5. The molecule has 0 spiro atoms. The van der Waals surface area contributed by atoms with E-state index in [9.17, 15) is 21.6 Å². The van der Waals surface area contributed by atoms with Crippen LogP contribution in [0.15, 0.2) is 24.0 Å². The highest BCUT2D eigenvalue weighted by Crippen LogP contribution is 2.25. The van der Waals surface area contributed by atoms with E-state index in [4.69, 9.17) is 0 Å². The molecule has 0 aliphatic heterocycles. The Morgan fingerprint density at radius 3 is 2.25 bits per heavy atom. The van der Waals surface area contributed by atoms with Crippen LogP contribution < -0.4 is 0 Å². The smallest absolute Gasteiger partial charge is 0.384 e. The average Bonchev–Trinajstić information content (AvgIpc) is 2.16. The standard InChI is InChI=1S/C9H13F3O3S/c1-3-5-6-8(4-2)7-15-16(13,14)9(10,11)12/h5-7H,3-4H2,1-2H3. The number of allylic oxidation sites excluding steroid dienone is 3. The molecule has 0 amide bonds. The molecule has 0 aromatic carbocycles. The van der Waals surface area contributed by atoms with Gasteiger partial charge in [-0.15, -0.1) is 0 Å². The molecular formula is C9H13F3O3S. The zero-order valence-corrected chi connectivity index (χ0v) is 9.73. The summed E-state index contributed by atoms with van der Waals surface area (Å²) in [4.78, 5) is 0. The molecule has 0 aromatic rings. The third-order valence-corrected chi connectivity index (χ3v) is 2.50. The van der Waals surface area contributed by atoms with Crippen molar-refractivity contribution >= 4 is 10.1 Å². The summed E-state index contributed by atoms with van der Waals surface area (Å²) in [6.45, 7) is 3.52. The highest BCUT2D eigenvalue weighted by Gasteiger charge is 2.47. The lowest BCUT2D eigenvalue weighted by atomic mass is 10.2. The Kier molecular flexibility index (Phi) is 5.57. The molecule has 0 saturated heterocycles. The molecule has 0 unspecified atom stereocenters. The molecule has 0 rings (SSSR count). The van der Waals surface area contributed by atoms with Crippen LogP contribution in [0.25, 0.3) is 0 Å². The predicted molar refractivity (Wildman–Crippen MR) is 53.9 cm³/mol. The first-order valence-corrected chi connectivity index (χ1v) is 6.00. The van der Waals surface area contributed by atoms with Gasteiger partial charge < -0.3 is 4.18 Å². The number of hydrogen-bond acceptors (Lipinski definition) is 3. The Bertz CT molecular complexity index is 366. The minimum Gasteiger partial charge on any atom is -0.384 e. The molecule has 0 radical (unpaired) electrons. The van der Waals surface area contributed by atoms with E-state index >= 15 is 0 Å². The third kappa shape index (κ3) is 4.69. The molecule has 3 nitrogen and oxygen atoms in total. The van der Waals surface area contributed by atoms with E-state index in [0.29, 0.717) is 24.7 Å². The Labute approximate surface area is 92.7 Å². The van der Waals surface area contributed by atoms with Gasteiger partial charge in [-0.2, -0.15) is 21.6 Å². The number of alkyl halides is 3. The van der Waals surface area contributed by atoms with Gasteiger partial charge in [0.25, 0.3) is 0 Å². The van der Waals surface area contributed by atoms with Crippen LogP contribution in [0.5, 0.6) is 0 Å². The van der Waals surface area contributed by atoms with Crippen molar-refractivity contribution in [1.82, 2.24) is 0 Å². The van der Waals surface area contributed by atoms with Crippen LogP contribution in [-0.4, -0.2) is 13.9 Å². The molecule has 0 saturated carbocycles. The fourth-order valence-electron chi connectivity index (χ4n) is 0.689. The lowest BCUT2D eigenvalue weighted by Gasteiger charge is -2.06. The summed E-state index contributed by atoms with van der Waals surface area (Å²) in [5.41, 5.74) is -5.02. The maximum atomic E-state index is 11.9. The molecule has 0 N–H and O–H groups in total. The lowest BCUT2D eigenvalue weighted by Crippen LogP contribution is -2.23. The van der Waals surface area contributed by atoms with E-state index in [-0.39, 0.29) is 0 Å². The van der Waals surface area contributed by atoms with Crippen molar-refractivity contribution in [3.05, 3.63) is 24.0 Å². The van der Waals surface area contributed by atoms with Crippen molar-refractivity contribution in [2.24, 2.45) is 0 Å². The molecule has 0 atom stereocenters. The highest BCUT2D eigenvalue weighted by molar-refractivity contribution is 7.87. The maximum Gasteiger partial charge on any atom is 0.534 e. The van der Waals surface area contributed by atoms with Gasteiger partial charge in [-0.05, 0) is 18.4 Å². The molecule has 0 aromatic heterocycles. The van der Waals surface area contributed by atoms with Crippen molar-refractivity contribution in [3.63, 3.8) is 0 Å². The molecule has 16 heavy (non-hydrogen) atoms. The maximum absolute atomic E-state index is 11.9. The second kappa shape index (κ2) is 5.93. The van der Waals surface area contributed by atoms with Crippen molar-refractivity contribution in [3.8, 4) is 0 Å². The molecule has 0 heterocycles. The average molecular weight is 258 g/mol. The van der Waals surface area contributed by atoms with Gasteiger partial charge >= 0.3 is 15.6 Å². The first-order chi connectivity index (χ1) is 7.24. The fourth-order valence-corrected chi connectivity index (χ4v) is 1.05. The molecule has 0 bridgehead atoms. The van der Waals surface area contributed by atoms with E-state index in [2.05, 4.69) is 4.18 Å².